The van der Waals surface area contributed by atoms with Gasteiger partial charge in [-0.3, -0.25) is 9.10 Å². The molecule has 0 saturated heterocycles. The van der Waals surface area contributed by atoms with Gasteiger partial charge in [-0.2, -0.15) is 0 Å². The van der Waals surface area contributed by atoms with Crippen LogP contribution in [0.3, 0.4) is 0 Å². The van der Waals surface area contributed by atoms with Gasteiger partial charge in [0.15, 0.2) is 6.10 Å². The van der Waals surface area contributed by atoms with Crippen molar-refractivity contribution in [3.63, 3.8) is 0 Å². The van der Waals surface area contributed by atoms with Gasteiger partial charge in [0.1, 0.15) is 11.5 Å². The summed E-state index contributed by atoms with van der Waals surface area (Å²) in [6.07, 6.45) is -0.402. The number of anilines is 1. The number of hydrogen-bond acceptors (Lipinski definition) is 5. The number of benzene rings is 3. The van der Waals surface area contributed by atoms with Crippen LogP contribution in [0.25, 0.3) is 0 Å². The van der Waals surface area contributed by atoms with Crippen LogP contribution < -0.4 is 19.1 Å². The Labute approximate surface area is 223 Å². The van der Waals surface area contributed by atoms with Crippen LogP contribution >= 0.6 is 11.6 Å². The van der Waals surface area contributed by atoms with E-state index < -0.39 is 16.1 Å². The monoisotopic (exact) mass is 542 g/mol. The number of carbonyl (C=O) groups excluding carboxylic acids is 1. The molecule has 1 aliphatic heterocycles. The van der Waals surface area contributed by atoms with Crippen molar-refractivity contribution in [3.8, 4) is 11.5 Å². The Bertz CT molecular complexity index is 1370. The molecule has 1 atom stereocenters. The standard InChI is InChI=1S/C28H31ClN2O5S/c1-28(2,3)20-7-14-25-24(17-20)31(37(33,34)23-12-10-22(35-4)11-13-23)18-26(36-25)27(32)30-16-15-19-5-8-21(29)9-6-19/h5-14,17,26H,15-16,18H2,1-4H3,(H,30,32). The maximum Gasteiger partial charge on any atom is 0.264 e. The fourth-order valence-corrected chi connectivity index (χ4v) is 5.65. The number of methoxy groups -OCH3 is 1. The number of rotatable bonds is 7. The smallest absolute Gasteiger partial charge is 0.264 e. The molecule has 4 rings (SSSR count). The predicted molar refractivity (Wildman–Crippen MR) is 145 cm³/mol. The van der Waals surface area contributed by atoms with Crippen molar-refractivity contribution in [2.75, 3.05) is 24.5 Å². The molecule has 0 fully saturated rings. The van der Waals surface area contributed by atoms with Gasteiger partial charge in [0.05, 0.1) is 24.2 Å². The molecule has 0 bridgehead atoms. The number of nitrogens with one attached hydrogen (secondary N) is 1. The van der Waals surface area contributed by atoms with Crippen LogP contribution in [0.1, 0.15) is 31.9 Å². The lowest BCUT2D eigenvalue weighted by atomic mass is 9.86. The van der Waals surface area contributed by atoms with Crippen LogP contribution in [0, 0.1) is 0 Å². The molecule has 0 aromatic heterocycles. The number of halogens is 1. The number of fused-ring (bicyclic) bond motifs is 1. The minimum absolute atomic E-state index is 0.101. The zero-order valence-corrected chi connectivity index (χ0v) is 22.9. The quantitative estimate of drug-likeness (QED) is 0.456. The summed E-state index contributed by atoms with van der Waals surface area (Å²) in [5.41, 5.74) is 2.18. The topological polar surface area (TPSA) is 84.9 Å². The Morgan fingerprint density at radius 3 is 2.38 bits per heavy atom. The molecule has 0 spiro atoms. The summed E-state index contributed by atoms with van der Waals surface area (Å²) < 4.78 is 40.0. The highest BCUT2D eigenvalue weighted by molar-refractivity contribution is 7.92. The number of carbonyl (C=O) groups is 1. The molecule has 3 aromatic rings. The van der Waals surface area contributed by atoms with Crippen LogP contribution in [0.5, 0.6) is 11.5 Å². The van der Waals surface area contributed by atoms with Gasteiger partial charge in [0.25, 0.3) is 15.9 Å². The number of ether oxygens (including phenoxy) is 2. The Morgan fingerprint density at radius 1 is 1.08 bits per heavy atom. The molecule has 3 aromatic carbocycles. The van der Waals surface area contributed by atoms with E-state index in [2.05, 4.69) is 26.1 Å². The van der Waals surface area contributed by atoms with E-state index in [1.807, 2.05) is 24.3 Å². The maximum absolute atomic E-state index is 13.8. The van der Waals surface area contributed by atoms with Crippen LogP contribution in [0.2, 0.25) is 5.02 Å². The Morgan fingerprint density at radius 2 is 1.76 bits per heavy atom. The summed E-state index contributed by atoms with van der Waals surface area (Å²) in [4.78, 5) is 13.2. The first-order valence-electron chi connectivity index (χ1n) is 12.0. The van der Waals surface area contributed by atoms with Crippen LogP contribution in [-0.4, -0.2) is 40.6 Å². The van der Waals surface area contributed by atoms with Gasteiger partial charge in [-0.1, -0.05) is 50.6 Å². The summed E-state index contributed by atoms with van der Waals surface area (Å²) in [5, 5.41) is 3.52. The molecule has 37 heavy (non-hydrogen) atoms. The number of hydrogen-bond donors (Lipinski definition) is 1. The molecule has 1 aliphatic rings. The van der Waals surface area contributed by atoms with E-state index in [4.69, 9.17) is 21.1 Å². The van der Waals surface area contributed by atoms with Crippen molar-refractivity contribution in [2.45, 2.75) is 43.6 Å². The third-order valence-electron chi connectivity index (χ3n) is 6.26. The van der Waals surface area contributed by atoms with Crippen molar-refractivity contribution >= 4 is 33.2 Å². The van der Waals surface area contributed by atoms with Gasteiger partial charge in [-0.15, -0.1) is 0 Å². The fraction of sp³-hybridized carbons (Fsp3) is 0.321. The minimum atomic E-state index is -3.99. The van der Waals surface area contributed by atoms with Crippen molar-refractivity contribution < 1.29 is 22.7 Å². The second-order valence-corrected chi connectivity index (χ2v) is 12.2. The van der Waals surface area contributed by atoms with Crippen LogP contribution in [0.4, 0.5) is 5.69 Å². The van der Waals surface area contributed by atoms with Crippen molar-refractivity contribution in [1.29, 1.82) is 0 Å². The molecule has 0 saturated carbocycles. The highest BCUT2D eigenvalue weighted by Crippen LogP contribution is 2.40. The molecular weight excluding hydrogens is 512 g/mol. The van der Waals surface area contributed by atoms with E-state index in [1.165, 1.54) is 23.5 Å². The zero-order valence-electron chi connectivity index (χ0n) is 21.3. The SMILES string of the molecule is COc1ccc(S(=O)(=O)N2CC(C(=O)NCCc3ccc(Cl)cc3)Oc3ccc(C(C)(C)C)cc32)cc1. The van der Waals surface area contributed by atoms with Gasteiger partial charge in [-0.25, -0.2) is 8.42 Å². The Kier molecular flexibility index (Phi) is 7.71. The fourth-order valence-electron chi connectivity index (χ4n) is 4.05. The maximum atomic E-state index is 13.8. The molecule has 1 N–H and O–H groups in total. The largest absolute Gasteiger partial charge is 0.497 e. The van der Waals surface area contributed by atoms with E-state index >= 15 is 0 Å². The first kappa shape index (κ1) is 26.8. The van der Waals surface area contributed by atoms with E-state index in [-0.39, 0.29) is 22.8 Å². The van der Waals surface area contributed by atoms with E-state index in [9.17, 15) is 13.2 Å². The molecule has 196 valence electrons. The van der Waals surface area contributed by atoms with Gasteiger partial charge in [0.2, 0.25) is 0 Å². The van der Waals surface area contributed by atoms with Gasteiger partial charge in [0, 0.05) is 11.6 Å². The number of amides is 1. The lowest BCUT2D eigenvalue weighted by Gasteiger charge is -2.36. The molecule has 9 heteroatoms. The van der Waals surface area contributed by atoms with Gasteiger partial charge >= 0.3 is 0 Å². The Balaban J connectivity index is 1.61. The van der Waals surface area contributed by atoms with Crippen molar-refractivity contribution in [3.05, 3.63) is 82.9 Å². The molecule has 0 radical (unpaired) electrons. The third kappa shape index (κ3) is 6.02. The second kappa shape index (κ2) is 10.6. The first-order valence-corrected chi connectivity index (χ1v) is 13.8. The molecule has 1 unspecified atom stereocenters. The summed E-state index contributed by atoms with van der Waals surface area (Å²) in [6.45, 7) is 6.39. The average molecular weight is 543 g/mol. The lowest BCUT2D eigenvalue weighted by Crippen LogP contribution is -2.51. The summed E-state index contributed by atoms with van der Waals surface area (Å²) in [7, 11) is -2.47. The second-order valence-electron chi connectivity index (χ2n) is 9.92. The van der Waals surface area contributed by atoms with E-state index in [0.717, 1.165) is 11.1 Å². The predicted octanol–water partition coefficient (Wildman–Crippen LogP) is 4.96. The number of sulfonamides is 1. The van der Waals surface area contributed by atoms with Crippen molar-refractivity contribution in [1.82, 2.24) is 5.32 Å². The molecular formula is C28H31ClN2O5S. The van der Waals surface area contributed by atoms with Gasteiger partial charge in [-0.05, 0) is 71.5 Å². The normalized spacial score (nSPS) is 15.5. The van der Waals surface area contributed by atoms with Gasteiger partial charge < -0.3 is 14.8 Å². The molecule has 1 heterocycles. The molecule has 7 nitrogen and oxygen atoms in total. The van der Waals surface area contributed by atoms with Crippen molar-refractivity contribution in [2.24, 2.45) is 0 Å². The summed E-state index contributed by atoms with van der Waals surface area (Å²) in [5.74, 6) is 0.512. The minimum Gasteiger partial charge on any atom is -0.497 e. The van der Waals surface area contributed by atoms with Crippen LogP contribution in [0.15, 0.2) is 71.6 Å². The van der Waals surface area contributed by atoms with Crippen LogP contribution in [-0.2, 0) is 26.7 Å². The Hall–Kier alpha value is -3.23. The zero-order chi connectivity index (χ0) is 26.8. The molecule has 0 aliphatic carbocycles. The highest BCUT2D eigenvalue weighted by Gasteiger charge is 2.38. The lowest BCUT2D eigenvalue weighted by molar-refractivity contribution is -0.127. The highest BCUT2D eigenvalue weighted by atomic mass is 35.5. The third-order valence-corrected chi connectivity index (χ3v) is 8.31. The average Bonchev–Trinajstić information content (AvgIpc) is 2.88. The molecule has 1 amide bonds. The number of nitrogens with zero attached hydrogens (tertiary/aromatic N) is 1. The first-order chi connectivity index (χ1) is 17.5. The summed E-state index contributed by atoms with van der Waals surface area (Å²) in [6, 6.07) is 19.1. The van der Waals surface area contributed by atoms with E-state index in [0.29, 0.717) is 35.2 Å². The summed E-state index contributed by atoms with van der Waals surface area (Å²) >= 11 is 5.94. The van der Waals surface area contributed by atoms with E-state index in [1.54, 1.807) is 30.3 Å².